The fraction of sp³-hybridized carbons (Fsp3) is 0.333. The molecular formula is C21H24N4O4. The quantitative estimate of drug-likeness (QED) is 0.830. The van der Waals surface area contributed by atoms with Crippen LogP contribution in [0, 0.1) is 0 Å². The molecule has 2 aliphatic heterocycles. The van der Waals surface area contributed by atoms with Crippen molar-refractivity contribution in [3.8, 4) is 11.5 Å². The first-order chi connectivity index (χ1) is 14.1. The van der Waals surface area contributed by atoms with Gasteiger partial charge in [-0.15, -0.1) is 0 Å². The van der Waals surface area contributed by atoms with Gasteiger partial charge in [0.1, 0.15) is 0 Å². The lowest BCUT2D eigenvalue weighted by molar-refractivity contribution is -0.114. The average molecular weight is 396 g/mol. The maximum absolute atomic E-state index is 12.5. The summed E-state index contributed by atoms with van der Waals surface area (Å²) in [6.45, 7) is 5.51. The van der Waals surface area contributed by atoms with Gasteiger partial charge in [0.05, 0.1) is 0 Å². The van der Waals surface area contributed by atoms with Gasteiger partial charge in [-0.05, 0) is 42.0 Å². The van der Waals surface area contributed by atoms with Crippen molar-refractivity contribution in [2.75, 3.05) is 43.6 Å². The summed E-state index contributed by atoms with van der Waals surface area (Å²) in [6, 6.07) is 13.0. The summed E-state index contributed by atoms with van der Waals surface area (Å²) >= 11 is 0. The van der Waals surface area contributed by atoms with Crippen molar-refractivity contribution < 1.29 is 19.1 Å². The molecule has 0 spiro atoms. The van der Waals surface area contributed by atoms with Crippen molar-refractivity contribution in [3.05, 3.63) is 48.0 Å². The summed E-state index contributed by atoms with van der Waals surface area (Å²) in [5, 5.41) is 5.62. The van der Waals surface area contributed by atoms with Crippen LogP contribution in [0.4, 0.5) is 16.2 Å². The van der Waals surface area contributed by atoms with Gasteiger partial charge in [-0.25, -0.2) is 4.79 Å². The van der Waals surface area contributed by atoms with Crippen LogP contribution in [0.1, 0.15) is 12.5 Å². The van der Waals surface area contributed by atoms with Crippen LogP contribution in [0.15, 0.2) is 42.5 Å². The monoisotopic (exact) mass is 396 g/mol. The standard InChI is InChI=1S/C21H24N4O4/c1-15(26)22-17-3-5-18(6-4-17)23-21(27)25-10-8-24(9-11-25)13-16-2-7-19-20(12-16)29-14-28-19/h2-7,12H,8-11,13-14H2,1H3,(H,22,26)(H,23,27). The van der Waals surface area contributed by atoms with E-state index in [0.29, 0.717) is 24.5 Å². The van der Waals surface area contributed by atoms with Gasteiger partial charge < -0.3 is 25.0 Å². The fourth-order valence-electron chi connectivity index (χ4n) is 3.45. The van der Waals surface area contributed by atoms with Crippen molar-refractivity contribution in [1.82, 2.24) is 9.80 Å². The first-order valence-electron chi connectivity index (χ1n) is 9.61. The summed E-state index contributed by atoms with van der Waals surface area (Å²) in [4.78, 5) is 27.7. The fourth-order valence-corrected chi connectivity index (χ4v) is 3.45. The SMILES string of the molecule is CC(=O)Nc1ccc(NC(=O)N2CCN(Cc3ccc4c(c3)OCO4)CC2)cc1. The molecule has 0 bridgehead atoms. The van der Waals surface area contributed by atoms with Gasteiger partial charge in [-0.2, -0.15) is 0 Å². The van der Waals surface area contributed by atoms with Gasteiger partial charge in [-0.3, -0.25) is 9.69 Å². The number of benzene rings is 2. The topological polar surface area (TPSA) is 83.1 Å². The summed E-state index contributed by atoms with van der Waals surface area (Å²) in [7, 11) is 0. The van der Waals surface area contributed by atoms with Crippen molar-refractivity contribution >= 4 is 23.3 Å². The molecule has 2 heterocycles. The van der Waals surface area contributed by atoms with Gasteiger partial charge in [0.25, 0.3) is 0 Å². The molecule has 2 aromatic carbocycles. The van der Waals surface area contributed by atoms with Crippen molar-refractivity contribution in [2.24, 2.45) is 0 Å². The molecular weight excluding hydrogens is 372 g/mol. The summed E-state index contributed by atoms with van der Waals surface area (Å²) in [5.74, 6) is 1.46. The Labute approximate surface area is 169 Å². The van der Waals surface area contributed by atoms with Crippen LogP contribution in [0.3, 0.4) is 0 Å². The summed E-state index contributed by atoms with van der Waals surface area (Å²) in [6.07, 6.45) is 0. The molecule has 2 N–H and O–H groups in total. The van der Waals surface area contributed by atoms with E-state index in [4.69, 9.17) is 9.47 Å². The van der Waals surface area contributed by atoms with Gasteiger partial charge in [-0.1, -0.05) is 6.07 Å². The van der Waals surface area contributed by atoms with E-state index >= 15 is 0 Å². The van der Waals surface area contributed by atoms with Crippen LogP contribution in [-0.4, -0.2) is 54.7 Å². The zero-order valence-electron chi connectivity index (χ0n) is 16.3. The number of hydrogen-bond donors (Lipinski definition) is 2. The highest BCUT2D eigenvalue weighted by Crippen LogP contribution is 2.32. The first kappa shape index (κ1) is 19.1. The third-order valence-corrected chi connectivity index (χ3v) is 4.96. The maximum atomic E-state index is 12.5. The highest BCUT2D eigenvalue weighted by atomic mass is 16.7. The largest absolute Gasteiger partial charge is 0.454 e. The predicted molar refractivity (Wildman–Crippen MR) is 109 cm³/mol. The number of carbonyl (C=O) groups excluding carboxylic acids is 2. The van der Waals surface area contributed by atoms with E-state index in [1.54, 1.807) is 24.3 Å². The second kappa shape index (κ2) is 8.40. The van der Waals surface area contributed by atoms with Crippen molar-refractivity contribution in [1.29, 1.82) is 0 Å². The van der Waals surface area contributed by atoms with Crippen molar-refractivity contribution in [2.45, 2.75) is 13.5 Å². The molecule has 0 aromatic heterocycles. The zero-order valence-corrected chi connectivity index (χ0v) is 16.3. The minimum absolute atomic E-state index is 0.111. The Morgan fingerprint density at radius 3 is 2.24 bits per heavy atom. The average Bonchev–Trinajstić information content (AvgIpc) is 3.17. The number of rotatable bonds is 4. The van der Waals surface area contributed by atoms with Gasteiger partial charge >= 0.3 is 6.03 Å². The van der Waals surface area contributed by atoms with Crippen LogP contribution >= 0.6 is 0 Å². The first-order valence-corrected chi connectivity index (χ1v) is 9.61. The number of anilines is 2. The van der Waals surface area contributed by atoms with E-state index in [1.807, 2.05) is 17.0 Å². The smallest absolute Gasteiger partial charge is 0.321 e. The number of urea groups is 1. The van der Waals surface area contributed by atoms with Crippen LogP contribution < -0.4 is 20.1 Å². The van der Waals surface area contributed by atoms with E-state index < -0.39 is 0 Å². The molecule has 4 rings (SSSR count). The lowest BCUT2D eigenvalue weighted by Gasteiger charge is -2.34. The molecule has 3 amide bonds. The molecule has 2 aromatic rings. The Morgan fingerprint density at radius 2 is 1.55 bits per heavy atom. The second-order valence-corrected chi connectivity index (χ2v) is 7.14. The number of piperazine rings is 1. The highest BCUT2D eigenvalue weighted by molar-refractivity contribution is 5.91. The molecule has 0 radical (unpaired) electrons. The Bertz CT molecular complexity index is 892. The highest BCUT2D eigenvalue weighted by Gasteiger charge is 2.22. The number of carbonyl (C=O) groups is 2. The molecule has 29 heavy (non-hydrogen) atoms. The molecule has 0 unspecified atom stereocenters. The minimum Gasteiger partial charge on any atom is -0.454 e. The maximum Gasteiger partial charge on any atom is 0.321 e. The zero-order chi connectivity index (χ0) is 20.2. The Hall–Kier alpha value is -3.26. The number of amides is 3. The molecule has 0 aliphatic carbocycles. The predicted octanol–water partition coefficient (Wildman–Crippen LogP) is 2.72. The minimum atomic E-state index is -0.125. The number of nitrogens with zero attached hydrogens (tertiary/aromatic N) is 2. The van der Waals surface area contributed by atoms with E-state index in [0.717, 1.165) is 31.1 Å². The third-order valence-electron chi connectivity index (χ3n) is 4.96. The molecule has 0 saturated carbocycles. The Balaban J connectivity index is 1.25. The number of ether oxygens (including phenoxy) is 2. The van der Waals surface area contributed by atoms with Crippen LogP contribution in [0.25, 0.3) is 0 Å². The van der Waals surface area contributed by atoms with Gasteiger partial charge in [0, 0.05) is 51.0 Å². The Kier molecular flexibility index (Phi) is 5.53. The lowest BCUT2D eigenvalue weighted by atomic mass is 10.1. The normalized spacial score (nSPS) is 15.8. The number of hydrogen-bond acceptors (Lipinski definition) is 5. The molecule has 2 aliphatic rings. The van der Waals surface area contributed by atoms with Gasteiger partial charge in [0.2, 0.25) is 12.7 Å². The number of fused-ring (bicyclic) bond motifs is 1. The second-order valence-electron chi connectivity index (χ2n) is 7.14. The van der Waals surface area contributed by atoms with E-state index in [-0.39, 0.29) is 18.7 Å². The molecule has 1 fully saturated rings. The van der Waals surface area contributed by atoms with E-state index in [1.165, 1.54) is 12.5 Å². The summed E-state index contributed by atoms with van der Waals surface area (Å²) < 4.78 is 10.8. The lowest BCUT2D eigenvalue weighted by Crippen LogP contribution is -2.49. The van der Waals surface area contributed by atoms with E-state index in [9.17, 15) is 9.59 Å². The third kappa shape index (κ3) is 4.78. The number of nitrogens with one attached hydrogen (secondary N) is 2. The van der Waals surface area contributed by atoms with Gasteiger partial charge in [0.15, 0.2) is 11.5 Å². The van der Waals surface area contributed by atoms with Crippen LogP contribution in [-0.2, 0) is 11.3 Å². The summed E-state index contributed by atoms with van der Waals surface area (Å²) in [5.41, 5.74) is 2.57. The van der Waals surface area contributed by atoms with Crippen LogP contribution in [0.2, 0.25) is 0 Å². The molecule has 1 saturated heterocycles. The van der Waals surface area contributed by atoms with Crippen LogP contribution in [0.5, 0.6) is 11.5 Å². The van der Waals surface area contributed by atoms with E-state index in [2.05, 4.69) is 21.6 Å². The molecule has 152 valence electrons. The molecule has 0 atom stereocenters. The van der Waals surface area contributed by atoms with Crippen molar-refractivity contribution in [3.63, 3.8) is 0 Å². The Morgan fingerprint density at radius 1 is 0.897 bits per heavy atom. The molecule has 8 heteroatoms. The molecule has 8 nitrogen and oxygen atoms in total.